The van der Waals surface area contributed by atoms with Crippen molar-refractivity contribution in [1.82, 2.24) is 19.8 Å². The van der Waals surface area contributed by atoms with E-state index in [1.54, 1.807) is 6.07 Å². The molecule has 0 bridgehead atoms. The Kier molecular flexibility index (Phi) is 2.97. The number of para-hydroxylation sites is 1. The molecule has 0 aliphatic rings. The Labute approximate surface area is 119 Å². The highest BCUT2D eigenvalue weighted by Gasteiger charge is 2.38. The van der Waals surface area contributed by atoms with E-state index >= 15 is 0 Å². The zero-order chi connectivity index (χ0) is 15.2. The Morgan fingerprint density at radius 2 is 2.05 bits per heavy atom. The molecule has 2 heterocycles. The highest BCUT2D eigenvalue weighted by atomic mass is 32.1. The van der Waals surface area contributed by atoms with E-state index < -0.39 is 12.0 Å². The fraction of sp³-hybridized carbons (Fsp3) is 0.182. The fourth-order valence-corrected chi connectivity index (χ4v) is 2.63. The second-order valence-electron chi connectivity index (χ2n) is 3.98. The molecular formula is C11H7F3N4O2S. The average molecular weight is 316 g/mol. The van der Waals surface area contributed by atoms with Gasteiger partial charge in [0.15, 0.2) is 16.5 Å². The topological polar surface area (TPSA) is 72.5 Å². The number of rotatable bonds is 2. The van der Waals surface area contributed by atoms with Crippen molar-refractivity contribution in [2.45, 2.75) is 6.18 Å². The minimum Gasteiger partial charge on any atom is -0.504 e. The molecule has 0 saturated heterocycles. The van der Waals surface area contributed by atoms with Crippen LogP contribution in [-0.4, -0.2) is 32.0 Å². The predicted octanol–water partition coefficient (Wildman–Crippen LogP) is 2.59. The molecule has 0 unspecified atom stereocenters. The molecule has 110 valence electrons. The number of methoxy groups -OCH3 is 1. The highest BCUT2D eigenvalue weighted by molar-refractivity contribution is 7.19. The summed E-state index contributed by atoms with van der Waals surface area (Å²) >= 11 is 0.883. The maximum absolute atomic E-state index is 12.7. The van der Waals surface area contributed by atoms with Crippen LogP contribution in [0.2, 0.25) is 0 Å². The lowest BCUT2D eigenvalue weighted by Gasteiger charge is -2.05. The minimum absolute atomic E-state index is 0.0143. The number of halogens is 3. The Morgan fingerprint density at radius 1 is 1.29 bits per heavy atom. The van der Waals surface area contributed by atoms with Gasteiger partial charge in [-0.3, -0.25) is 0 Å². The Hall–Kier alpha value is -2.36. The first-order valence-corrected chi connectivity index (χ1v) is 6.39. The molecule has 0 amide bonds. The molecule has 1 N–H and O–H groups in total. The summed E-state index contributed by atoms with van der Waals surface area (Å²) in [5.74, 6) is -1.20. The van der Waals surface area contributed by atoms with Crippen LogP contribution in [0.5, 0.6) is 11.5 Å². The van der Waals surface area contributed by atoms with Gasteiger partial charge < -0.3 is 9.84 Å². The van der Waals surface area contributed by atoms with E-state index in [2.05, 4.69) is 15.3 Å². The van der Waals surface area contributed by atoms with Crippen LogP contribution >= 0.6 is 11.3 Å². The molecule has 0 fully saturated rings. The molecule has 0 spiro atoms. The number of fused-ring (bicyclic) bond motifs is 1. The molecule has 21 heavy (non-hydrogen) atoms. The molecule has 10 heteroatoms. The third-order valence-corrected chi connectivity index (χ3v) is 3.63. The van der Waals surface area contributed by atoms with Crippen molar-refractivity contribution < 1.29 is 23.0 Å². The molecule has 2 aromatic heterocycles. The lowest BCUT2D eigenvalue weighted by molar-refractivity contribution is -0.146. The Bertz CT molecular complexity index is 812. The van der Waals surface area contributed by atoms with Gasteiger partial charge in [-0.2, -0.15) is 22.8 Å². The molecule has 1 aromatic carbocycles. The second kappa shape index (κ2) is 4.58. The van der Waals surface area contributed by atoms with E-state index in [0.29, 0.717) is 4.52 Å². The molecule has 0 radical (unpaired) electrons. The number of ether oxygens (including phenoxy) is 1. The maximum atomic E-state index is 12.7. The summed E-state index contributed by atoms with van der Waals surface area (Å²) in [5.41, 5.74) is 0.262. The number of phenolic OH excluding ortho intramolecular Hbond substituents is 1. The van der Waals surface area contributed by atoms with Crippen molar-refractivity contribution in [3.63, 3.8) is 0 Å². The first-order valence-electron chi connectivity index (χ1n) is 5.57. The van der Waals surface area contributed by atoms with E-state index in [9.17, 15) is 18.3 Å². The molecule has 0 aliphatic heterocycles. The van der Waals surface area contributed by atoms with Crippen LogP contribution in [0.1, 0.15) is 5.82 Å². The van der Waals surface area contributed by atoms with E-state index in [4.69, 9.17) is 4.74 Å². The third kappa shape index (κ3) is 2.17. The molecule has 0 atom stereocenters. The van der Waals surface area contributed by atoms with Gasteiger partial charge in [0.2, 0.25) is 4.96 Å². The summed E-state index contributed by atoms with van der Waals surface area (Å²) < 4.78 is 43.8. The normalized spacial score (nSPS) is 12.0. The van der Waals surface area contributed by atoms with Gasteiger partial charge in [0.25, 0.3) is 5.82 Å². The van der Waals surface area contributed by atoms with Crippen LogP contribution in [-0.2, 0) is 6.18 Å². The van der Waals surface area contributed by atoms with Crippen molar-refractivity contribution >= 4 is 16.3 Å². The highest BCUT2D eigenvalue weighted by Crippen LogP contribution is 2.39. The zero-order valence-corrected chi connectivity index (χ0v) is 11.2. The van der Waals surface area contributed by atoms with Crippen molar-refractivity contribution in [3.8, 4) is 22.1 Å². The molecule has 0 aliphatic carbocycles. The van der Waals surface area contributed by atoms with E-state index in [0.717, 1.165) is 11.3 Å². The molecule has 0 saturated carbocycles. The maximum Gasteiger partial charge on any atom is 0.453 e. The van der Waals surface area contributed by atoms with Crippen molar-refractivity contribution in [2.24, 2.45) is 0 Å². The third-order valence-electron chi connectivity index (χ3n) is 2.69. The van der Waals surface area contributed by atoms with Gasteiger partial charge in [0.1, 0.15) is 0 Å². The van der Waals surface area contributed by atoms with Gasteiger partial charge in [-0.1, -0.05) is 17.4 Å². The van der Waals surface area contributed by atoms with Crippen LogP contribution in [0.4, 0.5) is 13.2 Å². The van der Waals surface area contributed by atoms with Gasteiger partial charge in [0, 0.05) is 0 Å². The smallest absolute Gasteiger partial charge is 0.453 e. The number of alkyl halides is 3. The number of aromatic hydroxyl groups is 1. The van der Waals surface area contributed by atoms with E-state index in [-0.39, 0.29) is 27.0 Å². The van der Waals surface area contributed by atoms with Gasteiger partial charge in [-0.15, -0.1) is 10.2 Å². The van der Waals surface area contributed by atoms with E-state index in [1.807, 2.05) is 0 Å². The van der Waals surface area contributed by atoms with Crippen molar-refractivity contribution in [1.29, 1.82) is 0 Å². The minimum atomic E-state index is -4.65. The number of hydrogen-bond donors (Lipinski definition) is 1. The Morgan fingerprint density at radius 3 is 2.71 bits per heavy atom. The summed E-state index contributed by atoms with van der Waals surface area (Å²) in [6.45, 7) is 0. The fourth-order valence-electron chi connectivity index (χ4n) is 1.76. The summed E-state index contributed by atoms with van der Waals surface area (Å²) in [4.78, 5) is -0.0143. The standard InChI is InChI=1S/C11H7F3N4O2S/c1-20-6-4-2-3-5(7(6)19)8-17-18-9(11(12,13)14)15-16-10(18)21-8/h2-4,19H,1H3. The van der Waals surface area contributed by atoms with Crippen LogP contribution in [0.3, 0.4) is 0 Å². The zero-order valence-electron chi connectivity index (χ0n) is 10.4. The number of phenols is 1. The summed E-state index contributed by atoms with van der Waals surface area (Å²) in [7, 11) is 1.37. The lowest BCUT2D eigenvalue weighted by atomic mass is 10.2. The number of aromatic nitrogens is 4. The van der Waals surface area contributed by atoms with Crippen LogP contribution < -0.4 is 4.74 Å². The Balaban J connectivity index is 2.17. The molecule has 3 rings (SSSR count). The number of nitrogens with zero attached hydrogens (tertiary/aromatic N) is 4. The van der Waals surface area contributed by atoms with Crippen molar-refractivity contribution in [3.05, 3.63) is 24.0 Å². The predicted molar refractivity (Wildman–Crippen MR) is 67.3 cm³/mol. The van der Waals surface area contributed by atoms with E-state index in [1.165, 1.54) is 19.2 Å². The average Bonchev–Trinajstić information content (AvgIpc) is 2.97. The number of benzene rings is 1. The molecular weight excluding hydrogens is 309 g/mol. The summed E-state index contributed by atoms with van der Waals surface area (Å²) in [6, 6.07) is 4.65. The largest absolute Gasteiger partial charge is 0.504 e. The van der Waals surface area contributed by atoms with Crippen molar-refractivity contribution in [2.75, 3.05) is 7.11 Å². The quantitative estimate of drug-likeness (QED) is 0.787. The van der Waals surface area contributed by atoms with Crippen LogP contribution in [0.15, 0.2) is 18.2 Å². The summed E-state index contributed by atoms with van der Waals surface area (Å²) in [6.07, 6.45) is -4.65. The second-order valence-corrected chi connectivity index (χ2v) is 4.94. The number of hydrogen-bond acceptors (Lipinski definition) is 6. The van der Waals surface area contributed by atoms with Gasteiger partial charge in [0.05, 0.1) is 12.7 Å². The first-order chi connectivity index (χ1) is 9.91. The monoisotopic (exact) mass is 316 g/mol. The first kappa shape index (κ1) is 13.6. The van der Waals surface area contributed by atoms with Gasteiger partial charge >= 0.3 is 6.18 Å². The lowest BCUT2D eigenvalue weighted by Crippen LogP contribution is -2.11. The molecule has 6 nitrogen and oxygen atoms in total. The van der Waals surface area contributed by atoms with Gasteiger partial charge in [-0.05, 0) is 12.1 Å². The summed E-state index contributed by atoms with van der Waals surface area (Å²) in [5, 5.41) is 20.5. The van der Waals surface area contributed by atoms with Crippen LogP contribution in [0, 0.1) is 0 Å². The SMILES string of the molecule is COc1cccc(-c2nn3c(C(F)(F)F)nnc3s2)c1O. The molecule has 3 aromatic rings. The van der Waals surface area contributed by atoms with Crippen LogP contribution in [0.25, 0.3) is 15.5 Å². The van der Waals surface area contributed by atoms with Gasteiger partial charge in [-0.25, -0.2) is 0 Å².